The lowest BCUT2D eigenvalue weighted by Crippen LogP contribution is -2.42. The zero-order valence-corrected chi connectivity index (χ0v) is 21.8. The van der Waals surface area contributed by atoms with Crippen molar-refractivity contribution in [1.29, 1.82) is 0 Å². The van der Waals surface area contributed by atoms with Crippen LogP contribution in [0.25, 0.3) is 0 Å². The highest BCUT2D eigenvalue weighted by Gasteiger charge is 2.34. The van der Waals surface area contributed by atoms with Crippen molar-refractivity contribution in [3.63, 3.8) is 0 Å². The third-order valence-electron chi connectivity index (χ3n) is 6.41. The van der Waals surface area contributed by atoms with E-state index in [-0.39, 0.29) is 46.1 Å². The van der Waals surface area contributed by atoms with Gasteiger partial charge in [0.05, 0.1) is 28.3 Å². The Morgan fingerprint density at radius 2 is 1.42 bits per heavy atom. The first kappa shape index (κ1) is 24.7. The highest BCUT2D eigenvalue weighted by Crippen LogP contribution is 2.34. The number of fused-ring (bicyclic) bond motifs is 1. The van der Waals surface area contributed by atoms with E-state index >= 15 is 0 Å². The van der Waals surface area contributed by atoms with Crippen molar-refractivity contribution in [2.24, 2.45) is 0 Å². The third-order valence-corrected chi connectivity index (χ3v) is 9.21. The van der Waals surface area contributed by atoms with Gasteiger partial charge in [0.2, 0.25) is 10.0 Å². The molecule has 0 radical (unpaired) electrons. The van der Waals surface area contributed by atoms with Crippen LogP contribution in [0, 0.1) is 6.92 Å². The maximum Gasteiger partial charge on any atom is 0.257 e. The SMILES string of the molecule is Cc1nc2c(c(=O)n1C(c1ccccc1)c1ccccc1)CCN(S(=O)(=O)c1c(Cl)cccc1Cl)C2. The topological polar surface area (TPSA) is 72.3 Å². The first-order valence-electron chi connectivity index (χ1n) is 11.4. The summed E-state index contributed by atoms with van der Waals surface area (Å²) in [6.07, 6.45) is 0.235. The summed E-state index contributed by atoms with van der Waals surface area (Å²) in [4.78, 5) is 18.5. The van der Waals surface area contributed by atoms with Crippen LogP contribution >= 0.6 is 23.2 Å². The molecule has 36 heavy (non-hydrogen) atoms. The Labute approximate surface area is 219 Å². The molecule has 184 valence electrons. The number of hydrogen-bond donors (Lipinski definition) is 0. The summed E-state index contributed by atoms with van der Waals surface area (Å²) in [6, 6.07) is 23.8. The van der Waals surface area contributed by atoms with E-state index in [1.807, 2.05) is 60.7 Å². The maximum absolute atomic E-state index is 13.9. The largest absolute Gasteiger partial charge is 0.285 e. The molecule has 6 nitrogen and oxygen atoms in total. The Morgan fingerprint density at radius 3 is 1.97 bits per heavy atom. The number of benzene rings is 3. The summed E-state index contributed by atoms with van der Waals surface area (Å²) in [5.74, 6) is 0.506. The summed E-state index contributed by atoms with van der Waals surface area (Å²) in [5, 5.41) is 0.114. The summed E-state index contributed by atoms with van der Waals surface area (Å²) in [5.41, 5.74) is 2.73. The van der Waals surface area contributed by atoms with Crippen LogP contribution in [-0.2, 0) is 23.0 Å². The number of aryl methyl sites for hydroxylation is 1. The molecule has 9 heteroatoms. The molecule has 0 atom stereocenters. The lowest BCUT2D eigenvalue weighted by atomic mass is 9.97. The predicted molar refractivity (Wildman–Crippen MR) is 141 cm³/mol. The molecule has 0 saturated heterocycles. The van der Waals surface area contributed by atoms with Crippen molar-refractivity contribution < 1.29 is 8.42 Å². The molecule has 0 fully saturated rings. The number of halogens is 2. The van der Waals surface area contributed by atoms with Crippen molar-refractivity contribution in [2.45, 2.75) is 30.8 Å². The Balaban J connectivity index is 1.59. The Morgan fingerprint density at radius 1 is 0.861 bits per heavy atom. The van der Waals surface area contributed by atoms with Crippen LogP contribution in [0.1, 0.15) is 34.3 Å². The summed E-state index contributed by atoms with van der Waals surface area (Å²) in [6.45, 7) is 1.87. The predicted octanol–water partition coefficient (Wildman–Crippen LogP) is 5.24. The highest BCUT2D eigenvalue weighted by atomic mass is 35.5. The van der Waals surface area contributed by atoms with E-state index in [1.165, 1.54) is 16.4 Å². The Hall–Kier alpha value is -2.97. The van der Waals surface area contributed by atoms with Gasteiger partial charge in [-0.1, -0.05) is 89.9 Å². The smallest absolute Gasteiger partial charge is 0.257 e. The van der Waals surface area contributed by atoms with Crippen LogP contribution in [0.3, 0.4) is 0 Å². The van der Waals surface area contributed by atoms with E-state index < -0.39 is 10.0 Å². The monoisotopic (exact) mass is 539 g/mol. The molecule has 0 saturated carbocycles. The van der Waals surface area contributed by atoms with Gasteiger partial charge >= 0.3 is 0 Å². The molecule has 4 aromatic rings. The van der Waals surface area contributed by atoms with Crippen LogP contribution in [0.2, 0.25) is 10.0 Å². The summed E-state index contributed by atoms with van der Waals surface area (Å²) < 4.78 is 29.8. The first-order chi connectivity index (χ1) is 17.3. The fraction of sp³-hybridized carbons (Fsp3) is 0.185. The second kappa shape index (κ2) is 9.82. The maximum atomic E-state index is 13.9. The number of rotatable bonds is 5. The molecule has 0 unspecified atom stereocenters. The minimum Gasteiger partial charge on any atom is -0.285 e. The first-order valence-corrected chi connectivity index (χ1v) is 13.6. The van der Waals surface area contributed by atoms with Crippen LogP contribution in [0.5, 0.6) is 0 Å². The van der Waals surface area contributed by atoms with Crippen molar-refractivity contribution in [3.05, 3.63) is 127 Å². The molecule has 0 spiro atoms. The van der Waals surface area contributed by atoms with Gasteiger partial charge in [0, 0.05) is 12.1 Å². The zero-order chi connectivity index (χ0) is 25.4. The van der Waals surface area contributed by atoms with E-state index in [9.17, 15) is 13.2 Å². The van der Waals surface area contributed by atoms with Crippen molar-refractivity contribution >= 4 is 33.2 Å². The Kier molecular flexibility index (Phi) is 6.74. The van der Waals surface area contributed by atoms with E-state index in [2.05, 4.69) is 0 Å². The van der Waals surface area contributed by atoms with Crippen molar-refractivity contribution in [2.75, 3.05) is 6.54 Å². The highest BCUT2D eigenvalue weighted by molar-refractivity contribution is 7.89. The molecule has 0 amide bonds. The van der Waals surface area contributed by atoms with Crippen LogP contribution in [0.15, 0.2) is 88.6 Å². The van der Waals surface area contributed by atoms with Gasteiger partial charge in [-0.05, 0) is 36.6 Å². The van der Waals surface area contributed by atoms with E-state index in [4.69, 9.17) is 28.2 Å². The van der Waals surface area contributed by atoms with Crippen molar-refractivity contribution in [3.8, 4) is 0 Å². The van der Waals surface area contributed by atoms with Crippen LogP contribution in [-0.4, -0.2) is 28.8 Å². The van der Waals surface area contributed by atoms with Crippen molar-refractivity contribution in [1.82, 2.24) is 13.9 Å². The molecule has 5 rings (SSSR count). The van der Waals surface area contributed by atoms with E-state index in [1.54, 1.807) is 17.6 Å². The van der Waals surface area contributed by atoms with Gasteiger partial charge in [0.25, 0.3) is 5.56 Å². The second-order valence-corrected chi connectivity index (χ2v) is 11.3. The molecule has 1 aromatic heterocycles. The third kappa shape index (κ3) is 4.37. The number of sulfonamides is 1. The molecule has 1 aliphatic heterocycles. The number of hydrogen-bond acceptors (Lipinski definition) is 4. The molecule has 2 heterocycles. The molecule has 0 bridgehead atoms. The minimum atomic E-state index is -3.98. The molecule has 1 aliphatic rings. The standard InChI is InChI=1S/C27H23Cl2N3O3S/c1-18-30-24-17-31(36(34,35)26-22(28)13-8-14-23(26)29)16-15-21(24)27(33)32(18)25(19-9-4-2-5-10-19)20-11-6-3-7-12-20/h2-14,25H,15-17H2,1H3. The normalized spacial score (nSPS) is 14.1. The average molecular weight is 540 g/mol. The zero-order valence-electron chi connectivity index (χ0n) is 19.4. The van der Waals surface area contributed by atoms with E-state index in [0.29, 0.717) is 17.1 Å². The lowest BCUT2D eigenvalue weighted by molar-refractivity contribution is 0.379. The second-order valence-electron chi connectivity index (χ2n) is 8.62. The Bertz CT molecular complexity index is 1530. The molecule has 0 aliphatic carbocycles. The number of nitrogens with zero attached hydrogens (tertiary/aromatic N) is 3. The van der Waals surface area contributed by atoms with Crippen LogP contribution < -0.4 is 5.56 Å². The van der Waals surface area contributed by atoms with Gasteiger partial charge in [-0.3, -0.25) is 9.36 Å². The van der Waals surface area contributed by atoms with Gasteiger partial charge in [0.15, 0.2) is 0 Å². The van der Waals surface area contributed by atoms with Gasteiger partial charge in [0.1, 0.15) is 10.7 Å². The van der Waals surface area contributed by atoms with Gasteiger partial charge in [-0.15, -0.1) is 0 Å². The van der Waals surface area contributed by atoms with E-state index in [0.717, 1.165) is 11.1 Å². The molecular formula is C27H23Cl2N3O3S. The average Bonchev–Trinajstić information content (AvgIpc) is 2.87. The fourth-order valence-electron chi connectivity index (χ4n) is 4.73. The van der Waals surface area contributed by atoms with Gasteiger partial charge in [-0.2, -0.15) is 4.31 Å². The molecular weight excluding hydrogens is 517 g/mol. The number of aromatic nitrogens is 2. The summed E-state index contributed by atoms with van der Waals surface area (Å²) in [7, 11) is -3.98. The van der Waals surface area contributed by atoms with Gasteiger partial charge < -0.3 is 0 Å². The van der Waals surface area contributed by atoms with Gasteiger partial charge in [-0.25, -0.2) is 13.4 Å². The molecule has 3 aromatic carbocycles. The fourth-order valence-corrected chi connectivity index (χ4v) is 7.22. The summed E-state index contributed by atoms with van der Waals surface area (Å²) >= 11 is 12.4. The molecule has 0 N–H and O–H groups in total. The minimum absolute atomic E-state index is 0.0303. The quantitative estimate of drug-likeness (QED) is 0.347. The lowest BCUT2D eigenvalue weighted by Gasteiger charge is -2.30. The van der Waals surface area contributed by atoms with Crippen LogP contribution in [0.4, 0.5) is 0 Å².